The fourth-order valence-electron chi connectivity index (χ4n) is 5.40. The maximum atomic E-state index is 13.2. The molecule has 2 aliphatic carbocycles. The standard InChI is InChI=1S/C25H30N2O3S/c1-13(2)19-16-10-11-17(19)21(23(29)30)20(16)22(28)27-24-26-18(12-31-24)14-6-8-15(9-7-14)25(3,4)5/h6-9,12,16-17,20-21H,10-11H2,1-5H3,(H,29,30)(H,26,27,28)/t16-,17-,20+,21+/m1/s1. The van der Waals surface area contributed by atoms with Crippen LogP contribution in [0.2, 0.25) is 0 Å². The number of thiazole rings is 1. The fourth-order valence-corrected chi connectivity index (χ4v) is 6.12. The molecule has 1 aromatic carbocycles. The van der Waals surface area contributed by atoms with Gasteiger partial charge in [0.25, 0.3) is 0 Å². The lowest BCUT2D eigenvalue weighted by atomic mass is 9.79. The number of carboxylic acid groups (broad SMARTS) is 1. The Morgan fingerprint density at radius 2 is 1.68 bits per heavy atom. The van der Waals surface area contributed by atoms with Crippen molar-refractivity contribution in [3.63, 3.8) is 0 Å². The van der Waals surface area contributed by atoms with Crippen LogP contribution in [0.15, 0.2) is 40.8 Å². The number of rotatable bonds is 4. The van der Waals surface area contributed by atoms with Gasteiger partial charge in [-0.3, -0.25) is 9.59 Å². The summed E-state index contributed by atoms with van der Waals surface area (Å²) in [6.07, 6.45) is 1.74. The summed E-state index contributed by atoms with van der Waals surface area (Å²) < 4.78 is 0. The lowest BCUT2D eigenvalue weighted by molar-refractivity contribution is -0.148. The minimum Gasteiger partial charge on any atom is -0.481 e. The van der Waals surface area contributed by atoms with Crippen molar-refractivity contribution in [2.75, 3.05) is 5.32 Å². The number of aliphatic carboxylic acids is 1. The van der Waals surface area contributed by atoms with E-state index in [1.807, 2.05) is 19.2 Å². The molecule has 0 unspecified atom stereocenters. The van der Waals surface area contributed by atoms with Crippen molar-refractivity contribution >= 4 is 28.3 Å². The van der Waals surface area contributed by atoms with E-state index in [1.165, 1.54) is 22.5 Å². The Morgan fingerprint density at radius 1 is 1.06 bits per heavy atom. The van der Waals surface area contributed by atoms with Crippen molar-refractivity contribution in [2.24, 2.45) is 23.7 Å². The first kappa shape index (κ1) is 21.8. The van der Waals surface area contributed by atoms with Crippen LogP contribution in [0.1, 0.15) is 53.0 Å². The van der Waals surface area contributed by atoms with Crippen LogP contribution in [0.25, 0.3) is 11.3 Å². The van der Waals surface area contributed by atoms with Gasteiger partial charge in [0.1, 0.15) is 0 Å². The molecule has 1 amide bonds. The Hall–Kier alpha value is -2.47. The number of carbonyl (C=O) groups is 2. The number of nitrogens with one attached hydrogen (secondary N) is 1. The van der Waals surface area contributed by atoms with E-state index in [4.69, 9.17) is 0 Å². The van der Waals surface area contributed by atoms with Crippen LogP contribution in [0.4, 0.5) is 5.13 Å². The molecule has 2 saturated carbocycles. The van der Waals surface area contributed by atoms with Gasteiger partial charge in [-0.25, -0.2) is 4.98 Å². The largest absolute Gasteiger partial charge is 0.481 e. The molecule has 0 saturated heterocycles. The molecule has 2 aromatic rings. The third-order valence-electron chi connectivity index (χ3n) is 6.79. The molecule has 6 heteroatoms. The molecule has 1 aromatic heterocycles. The molecular formula is C25H30N2O3S. The molecule has 0 spiro atoms. The number of carboxylic acids is 1. The average Bonchev–Trinajstić information content (AvgIpc) is 3.40. The Balaban J connectivity index is 1.53. The van der Waals surface area contributed by atoms with Crippen molar-refractivity contribution in [3.8, 4) is 11.3 Å². The van der Waals surface area contributed by atoms with E-state index in [0.717, 1.165) is 29.7 Å². The number of benzene rings is 1. The van der Waals surface area contributed by atoms with E-state index in [9.17, 15) is 14.7 Å². The summed E-state index contributed by atoms with van der Waals surface area (Å²) in [7, 11) is 0. The van der Waals surface area contributed by atoms with E-state index in [-0.39, 0.29) is 23.2 Å². The molecule has 0 radical (unpaired) electrons. The second-order valence-electron chi connectivity index (χ2n) is 9.99. The van der Waals surface area contributed by atoms with Gasteiger partial charge in [0.05, 0.1) is 17.5 Å². The van der Waals surface area contributed by atoms with Crippen LogP contribution >= 0.6 is 11.3 Å². The van der Waals surface area contributed by atoms with Crippen LogP contribution in [0.3, 0.4) is 0 Å². The Morgan fingerprint density at radius 3 is 2.23 bits per heavy atom. The molecule has 2 bridgehead atoms. The average molecular weight is 439 g/mol. The number of amides is 1. The highest BCUT2D eigenvalue weighted by Crippen LogP contribution is 2.57. The number of carbonyl (C=O) groups excluding carboxylic acids is 1. The van der Waals surface area contributed by atoms with Crippen molar-refractivity contribution in [1.82, 2.24) is 4.98 Å². The van der Waals surface area contributed by atoms with E-state index in [0.29, 0.717) is 5.13 Å². The Labute approximate surface area is 187 Å². The van der Waals surface area contributed by atoms with Crippen molar-refractivity contribution in [3.05, 3.63) is 46.4 Å². The lowest BCUT2D eigenvalue weighted by Crippen LogP contribution is -2.37. The zero-order chi connectivity index (χ0) is 22.5. The lowest BCUT2D eigenvalue weighted by Gasteiger charge is -2.25. The summed E-state index contributed by atoms with van der Waals surface area (Å²) in [5, 5.41) is 15.2. The first-order valence-corrected chi connectivity index (χ1v) is 11.7. The topological polar surface area (TPSA) is 79.3 Å². The summed E-state index contributed by atoms with van der Waals surface area (Å²) >= 11 is 1.38. The summed E-state index contributed by atoms with van der Waals surface area (Å²) in [6.45, 7) is 10.6. The maximum Gasteiger partial charge on any atom is 0.307 e. The summed E-state index contributed by atoms with van der Waals surface area (Å²) in [6, 6.07) is 8.33. The molecular weight excluding hydrogens is 408 g/mol. The highest BCUT2D eigenvalue weighted by molar-refractivity contribution is 7.14. The van der Waals surface area contributed by atoms with E-state index in [2.05, 4.69) is 55.3 Å². The molecule has 0 aliphatic heterocycles. The quantitative estimate of drug-likeness (QED) is 0.597. The molecule has 2 aliphatic rings. The number of aromatic nitrogens is 1. The maximum absolute atomic E-state index is 13.2. The van der Waals surface area contributed by atoms with E-state index in [1.54, 1.807) is 0 Å². The van der Waals surface area contributed by atoms with Crippen LogP contribution in [0.5, 0.6) is 0 Å². The molecule has 1 heterocycles. The van der Waals surface area contributed by atoms with Crippen LogP contribution < -0.4 is 5.32 Å². The van der Waals surface area contributed by atoms with Gasteiger partial charge in [0.2, 0.25) is 5.91 Å². The first-order valence-electron chi connectivity index (χ1n) is 10.9. The van der Waals surface area contributed by atoms with E-state index < -0.39 is 17.8 Å². The smallest absolute Gasteiger partial charge is 0.307 e. The number of hydrogen-bond donors (Lipinski definition) is 2. The van der Waals surface area contributed by atoms with Gasteiger partial charge in [-0.15, -0.1) is 11.3 Å². The highest BCUT2D eigenvalue weighted by Gasteiger charge is 2.57. The molecule has 2 N–H and O–H groups in total. The van der Waals surface area contributed by atoms with Crippen LogP contribution in [-0.2, 0) is 15.0 Å². The summed E-state index contributed by atoms with van der Waals surface area (Å²) in [5.74, 6) is -2.25. The van der Waals surface area contributed by atoms with E-state index >= 15 is 0 Å². The van der Waals surface area contributed by atoms with Gasteiger partial charge in [0, 0.05) is 10.9 Å². The number of anilines is 1. The van der Waals surface area contributed by atoms with Gasteiger partial charge < -0.3 is 10.4 Å². The van der Waals surface area contributed by atoms with Crippen LogP contribution in [-0.4, -0.2) is 22.0 Å². The minimum absolute atomic E-state index is 0.0172. The van der Waals surface area contributed by atoms with Crippen molar-refractivity contribution in [2.45, 2.75) is 52.9 Å². The Bertz CT molecular complexity index is 1040. The Kier molecular flexibility index (Phi) is 5.54. The second kappa shape index (κ2) is 7.90. The van der Waals surface area contributed by atoms with Gasteiger partial charge in [-0.1, -0.05) is 56.2 Å². The zero-order valence-corrected chi connectivity index (χ0v) is 19.5. The molecule has 164 valence electrons. The third-order valence-corrected chi connectivity index (χ3v) is 7.55. The highest BCUT2D eigenvalue weighted by atomic mass is 32.1. The predicted molar refractivity (Wildman–Crippen MR) is 124 cm³/mol. The van der Waals surface area contributed by atoms with Gasteiger partial charge >= 0.3 is 5.97 Å². The third kappa shape index (κ3) is 3.93. The van der Waals surface area contributed by atoms with Gasteiger partial charge in [-0.2, -0.15) is 0 Å². The number of hydrogen-bond acceptors (Lipinski definition) is 4. The molecule has 5 nitrogen and oxygen atoms in total. The monoisotopic (exact) mass is 438 g/mol. The SMILES string of the molecule is CC(C)=C1[C@H]2CC[C@H]1[C@H](C(=O)Nc1nc(-c3ccc(C(C)(C)C)cc3)cs1)[C@H]2C(=O)O. The zero-order valence-electron chi connectivity index (χ0n) is 18.7. The molecule has 4 atom stereocenters. The van der Waals surface area contributed by atoms with Crippen molar-refractivity contribution in [1.29, 1.82) is 0 Å². The van der Waals surface area contributed by atoms with Gasteiger partial charge in [0.15, 0.2) is 5.13 Å². The van der Waals surface area contributed by atoms with Crippen molar-refractivity contribution < 1.29 is 14.7 Å². The number of allylic oxidation sites excluding steroid dienone is 2. The van der Waals surface area contributed by atoms with Crippen LogP contribution in [0, 0.1) is 23.7 Å². The normalized spacial score (nSPS) is 25.0. The molecule has 31 heavy (non-hydrogen) atoms. The summed E-state index contributed by atoms with van der Waals surface area (Å²) in [4.78, 5) is 29.8. The fraction of sp³-hybridized carbons (Fsp3) is 0.480. The predicted octanol–water partition coefficient (Wildman–Crippen LogP) is 5.74. The minimum atomic E-state index is -0.870. The molecule has 4 rings (SSSR count). The number of fused-ring (bicyclic) bond motifs is 2. The second-order valence-corrected chi connectivity index (χ2v) is 10.8. The molecule has 2 fully saturated rings. The number of nitrogens with zero attached hydrogens (tertiary/aromatic N) is 1. The summed E-state index contributed by atoms with van der Waals surface area (Å²) in [5.41, 5.74) is 5.50. The first-order chi connectivity index (χ1) is 14.6. The van der Waals surface area contributed by atoms with Gasteiger partial charge in [-0.05, 0) is 49.5 Å².